The van der Waals surface area contributed by atoms with E-state index in [9.17, 15) is 14.0 Å². The van der Waals surface area contributed by atoms with Crippen LogP contribution in [0.2, 0.25) is 0 Å². The Kier molecular flexibility index (Phi) is 5.72. The molecule has 0 aliphatic carbocycles. The molecule has 0 spiro atoms. The smallest absolute Gasteiger partial charge is 0.251 e. The van der Waals surface area contributed by atoms with Crippen molar-refractivity contribution in [1.29, 1.82) is 0 Å². The maximum atomic E-state index is 13.1. The summed E-state index contributed by atoms with van der Waals surface area (Å²) in [6.07, 6.45) is -0.231. The fraction of sp³-hybridized carbons (Fsp3) is 0.261. The van der Waals surface area contributed by atoms with Crippen molar-refractivity contribution in [2.75, 3.05) is 26.7 Å². The van der Waals surface area contributed by atoms with E-state index in [4.69, 9.17) is 4.74 Å². The predicted molar refractivity (Wildman–Crippen MR) is 111 cm³/mol. The lowest BCUT2D eigenvalue weighted by atomic mass is 10.0. The van der Waals surface area contributed by atoms with Gasteiger partial charge in [-0.15, -0.1) is 0 Å². The summed E-state index contributed by atoms with van der Waals surface area (Å²) >= 11 is 0. The van der Waals surface area contributed by atoms with Crippen LogP contribution in [0.15, 0.2) is 54.6 Å². The summed E-state index contributed by atoms with van der Waals surface area (Å²) in [6, 6.07) is 15.1. The normalized spacial score (nSPS) is 16.5. The Morgan fingerprint density at radius 3 is 2.73 bits per heavy atom. The number of fused-ring (bicyclic) bond motifs is 1. The van der Waals surface area contributed by atoms with Gasteiger partial charge in [-0.25, -0.2) is 9.37 Å². The van der Waals surface area contributed by atoms with Crippen LogP contribution in [0.25, 0.3) is 10.9 Å². The van der Waals surface area contributed by atoms with E-state index in [0.29, 0.717) is 36.5 Å². The van der Waals surface area contributed by atoms with E-state index in [1.54, 1.807) is 30.1 Å². The molecule has 0 saturated carbocycles. The highest BCUT2D eigenvalue weighted by Gasteiger charge is 2.27. The van der Waals surface area contributed by atoms with Crippen molar-refractivity contribution in [3.63, 3.8) is 0 Å². The van der Waals surface area contributed by atoms with E-state index in [1.807, 2.05) is 24.3 Å². The fourth-order valence-electron chi connectivity index (χ4n) is 3.63. The Balaban J connectivity index is 1.57. The van der Waals surface area contributed by atoms with Gasteiger partial charge in [-0.1, -0.05) is 30.3 Å². The third kappa shape index (κ3) is 4.16. The van der Waals surface area contributed by atoms with Gasteiger partial charge < -0.3 is 15.0 Å². The van der Waals surface area contributed by atoms with E-state index in [-0.39, 0.29) is 24.1 Å². The molecule has 2 heterocycles. The van der Waals surface area contributed by atoms with Crippen molar-refractivity contribution in [1.82, 2.24) is 15.2 Å². The van der Waals surface area contributed by atoms with Crippen molar-refractivity contribution in [2.24, 2.45) is 0 Å². The molecule has 1 aromatic heterocycles. The van der Waals surface area contributed by atoms with Crippen molar-refractivity contribution in [3.05, 3.63) is 77.2 Å². The van der Waals surface area contributed by atoms with Crippen LogP contribution in [0.1, 0.15) is 27.7 Å². The summed E-state index contributed by atoms with van der Waals surface area (Å²) in [5, 5.41) is 3.43. The minimum Gasteiger partial charge on any atom is -0.368 e. The van der Waals surface area contributed by atoms with Gasteiger partial charge in [0.15, 0.2) is 0 Å². The molecule has 7 heteroatoms. The van der Waals surface area contributed by atoms with Gasteiger partial charge in [-0.3, -0.25) is 9.59 Å². The average molecular weight is 407 g/mol. The van der Waals surface area contributed by atoms with Gasteiger partial charge in [0.1, 0.15) is 11.9 Å². The van der Waals surface area contributed by atoms with Crippen molar-refractivity contribution in [2.45, 2.75) is 12.5 Å². The quantitative estimate of drug-likeness (QED) is 0.722. The minimum absolute atomic E-state index is 0.0535. The van der Waals surface area contributed by atoms with Gasteiger partial charge in [-0.2, -0.15) is 0 Å². The summed E-state index contributed by atoms with van der Waals surface area (Å²) in [4.78, 5) is 31.6. The molecule has 1 N–H and O–H groups in total. The van der Waals surface area contributed by atoms with Crippen LogP contribution in [-0.2, 0) is 16.0 Å². The number of nitrogens with one attached hydrogen (secondary N) is 1. The highest BCUT2D eigenvalue weighted by molar-refractivity contribution is 6.06. The zero-order valence-corrected chi connectivity index (χ0v) is 16.6. The number of pyridine rings is 1. The second-order valence-corrected chi connectivity index (χ2v) is 7.19. The Morgan fingerprint density at radius 1 is 1.20 bits per heavy atom. The molecule has 0 radical (unpaired) electrons. The molecule has 4 rings (SSSR count). The summed E-state index contributed by atoms with van der Waals surface area (Å²) < 4.78 is 19.0. The van der Waals surface area contributed by atoms with Crippen LogP contribution < -0.4 is 5.32 Å². The molecular formula is C23H22FN3O3. The Labute approximate surface area is 173 Å². The second-order valence-electron chi connectivity index (χ2n) is 7.19. The maximum Gasteiger partial charge on any atom is 0.251 e. The standard InChI is InChI=1S/C23H22FN3O3/c1-25-23(29)18-13-20(26-19-5-3-2-4-17(18)19)21-14-27(10-11-30-21)22(28)12-15-6-8-16(24)9-7-15/h2-9,13,21H,10-12,14H2,1H3,(H,25,29). The first kappa shape index (κ1) is 20.0. The molecule has 6 nitrogen and oxygen atoms in total. The first-order chi connectivity index (χ1) is 14.5. The molecule has 1 saturated heterocycles. The van der Waals surface area contributed by atoms with Crippen molar-refractivity contribution in [3.8, 4) is 0 Å². The molecule has 0 bridgehead atoms. The molecule has 1 aliphatic rings. The first-order valence-corrected chi connectivity index (χ1v) is 9.80. The molecule has 1 fully saturated rings. The number of amides is 2. The number of para-hydroxylation sites is 1. The van der Waals surface area contributed by atoms with Crippen LogP contribution in [-0.4, -0.2) is 48.4 Å². The number of carbonyl (C=O) groups is 2. The Hall–Kier alpha value is -3.32. The Morgan fingerprint density at radius 2 is 1.97 bits per heavy atom. The van der Waals surface area contributed by atoms with E-state index in [2.05, 4.69) is 10.3 Å². The number of morpholine rings is 1. The number of hydrogen-bond acceptors (Lipinski definition) is 4. The lowest BCUT2D eigenvalue weighted by Gasteiger charge is -2.33. The number of rotatable bonds is 4. The highest BCUT2D eigenvalue weighted by atomic mass is 19.1. The Bertz CT molecular complexity index is 1080. The van der Waals surface area contributed by atoms with E-state index in [0.717, 1.165) is 10.9 Å². The molecule has 1 unspecified atom stereocenters. The predicted octanol–water partition coefficient (Wildman–Crippen LogP) is 2.88. The van der Waals surface area contributed by atoms with Gasteiger partial charge in [0.2, 0.25) is 5.91 Å². The number of carbonyl (C=O) groups excluding carboxylic acids is 2. The lowest BCUT2D eigenvalue weighted by molar-refractivity contribution is -0.138. The number of halogens is 1. The van der Waals surface area contributed by atoms with Gasteiger partial charge in [0, 0.05) is 19.0 Å². The van der Waals surface area contributed by atoms with Crippen LogP contribution in [0.3, 0.4) is 0 Å². The molecule has 1 aliphatic heterocycles. The van der Waals surface area contributed by atoms with Crippen LogP contribution in [0.4, 0.5) is 4.39 Å². The van der Waals surface area contributed by atoms with Gasteiger partial charge in [0.05, 0.1) is 36.3 Å². The number of aromatic nitrogens is 1. The first-order valence-electron chi connectivity index (χ1n) is 9.80. The zero-order chi connectivity index (χ0) is 21.1. The third-order valence-corrected chi connectivity index (χ3v) is 5.23. The van der Waals surface area contributed by atoms with Gasteiger partial charge in [-0.05, 0) is 29.8 Å². The SMILES string of the molecule is CNC(=O)c1cc(C2CN(C(=O)Cc3ccc(F)cc3)CCO2)nc2ccccc12. The molecule has 2 aromatic carbocycles. The maximum absolute atomic E-state index is 13.1. The molecular weight excluding hydrogens is 385 g/mol. The lowest BCUT2D eigenvalue weighted by Crippen LogP contribution is -2.43. The monoisotopic (exact) mass is 407 g/mol. The highest BCUT2D eigenvalue weighted by Crippen LogP contribution is 2.26. The largest absolute Gasteiger partial charge is 0.368 e. The summed E-state index contributed by atoms with van der Waals surface area (Å²) in [6.45, 7) is 1.20. The topological polar surface area (TPSA) is 71.5 Å². The number of benzene rings is 2. The van der Waals surface area contributed by atoms with Crippen LogP contribution in [0.5, 0.6) is 0 Å². The zero-order valence-electron chi connectivity index (χ0n) is 16.6. The van der Waals surface area contributed by atoms with Crippen molar-refractivity contribution < 1.29 is 18.7 Å². The van der Waals surface area contributed by atoms with E-state index >= 15 is 0 Å². The summed E-state index contributed by atoms with van der Waals surface area (Å²) in [5.74, 6) is -0.580. The minimum atomic E-state index is -0.427. The summed E-state index contributed by atoms with van der Waals surface area (Å²) in [7, 11) is 1.59. The third-order valence-electron chi connectivity index (χ3n) is 5.23. The molecule has 154 valence electrons. The number of hydrogen-bond donors (Lipinski definition) is 1. The van der Waals surface area contributed by atoms with E-state index in [1.165, 1.54) is 12.1 Å². The van der Waals surface area contributed by atoms with E-state index < -0.39 is 6.10 Å². The second kappa shape index (κ2) is 8.59. The average Bonchev–Trinajstić information content (AvgIpc) is 2.79. The van der Waals surface area contributed by atoms with Crippen LogP contribution >= 0.6 is 0 Å². The van der Waals surface area contributed by atoms with Gasteiger partial charge in [0.25, 0.3) is 5.91 Å². The number of ether oxygens (including phenoxy) is 1. The fourth-order valence-corrected chi connectivity index (χ4v) is 3.63. The number of nitrogens with zero attached hydrogens (tertiary/aromatic N) is 2. The molecule has 2 amide bonds. The van der Waals surface area contributed by atoms with Gasteiger partial charge >= 0.3 is 0 Å². The summed E-state index contributed by atoms with van der Waals surface area (Å²) in [5.41, 5.74) is 2.60. The molecule has 1 atom stereocenters. The molecule has 30 heavy (non-hydrogen) atoms. The van der Waals surface area contributed by atoms with Crippen molar-refractivity contribution >= 4 is 22.7 Å². The van der Waals surface area contributed by atoms with Crippen LogP contribution in [0, 0.1) is 5.82 Å². The molecule has 3 aromatic rings.